The Morgan fingerprint density at radius 2 is 2.17 bits per heavy atom. The fourth-order valence-corrected chi connectivity index (χ4v) is 2.34. The molecule has 0 aliphatic heterocycles. The molecule has 2 atom stereocenters. The molecule has 1 fully saturated rings. The van der Waals surface area contributed by atoms with Gasteiger partial charge in [0.2, 0.25) is 0 Å². The van der Waals surface area contributed by atoms with Crippen molar-refractivity contribution in [2.45, 2.75) is 37.8 Å². The Hall–Kier alpha value is -1.33. The highest BCUT2D eigenvalue weighted by atomic mass is 35.5. The number of nitrogens with zero attached hydrogens (tertiary/aromatic N) is 1. The van der Waals surface area contributed by atoms with Gasteiger partial charge >= 0.3 is 5.97 Å². The number of carbonyl (C=O) groups is 1. The molecule has 1 aromatic heterocycles. The number of pyridine rings is 1. The minimum atomic E-state index is -1.09. The maximum absolute atomic E-state index is 10.9. The number of rotatable bonds is 3. The lowest BCUT2D eigenvalue weighted by atomic mass is 9.92. The molecule has 2 unspecified atom stereocenters. The summed E-state index contributed by atoms with van der Waals surface area (Å²) in [7, 11) is 0. The SMILES string of the molecule is O=C(O)c1cc(NC2CCCCC2O)ncc1Cl. The molecule has 0 radical (unpaired) electrons. The van der Waals surface area contributed by atoms with Crippen molar-refractivity contribution < 1.29 is 15.0 Å². The quantitative estimate of drug-likeness (QED) is 0.784. The molecule has 98 valence electrons. The van der Waals surface area contributed by atoms with Gasteiger partial charge in [-0.3, -0.25) is 0 Å². The Balaban J connectivity index is 2.14. The predicted octanol–water partition coefficient (Wildman–Crippen LogP) is 2.15. The van der Waals surface area contributed by atoms with Gasteiger partial charge in [0.25, 0.3) is 0 Å². The summed E-state index contributed by atoms with van der Waals surface area (Å²) in [6.45, 7) is 0. The van der Waals surface area contributed by atoms with Crippen LogP contribution in [0, 0.1) is 0 Å². The van der Waals surface area contributed by atoms with Crippen LogP contribution in [0.3, 0.4) is 0 Å². The van der Waals surface area contributed by atoms with Crippen molar-refractivity contribution >= 4 is 23.4 Å². The van der Waals surface area contributed by atoms with E-state index in [0.29, 0.717) is 5.82 Å². The first-order valence-electron chi connectivity index (χ1n) is 5.91. The van der Waals surface area contributed by atoms with Gasteiger partial charge in [0, 0.05) is 6.20 Å². The number of hydrogen-bond donors (Lipinski definition) is 3. The van der Waals surface area contributed by atoms with E-state index in [1.54, 1.807) is 0 Å². The molecule has 1 aliphatic carbocycles. The highest BCUT2D eigenvalue weighted by Crippen LogP contribution is 2.23. The third-order valence-corrected chi connectivity index (χ3v) is 3.45. The standard InChI is InChI=1S/C12H15ClN2O3/c13-8-6-14-11(5-7(8)12(17)18)15-9-3-1-2-4-10(9)16/h5-6,9-10,16H,1-4H2,(H,14,15)(H,17,18). The van der Waals surface area contributed by atoms with Gasteiger partial charge in [-0.2, -0.15) is 0 Å². The second kappa shape index (κ2) is 5.54. The summed E-state index contributed by atoms with van der Waals surface area (Å²) in [5.41, 5.74) is 0.0134. The summed E-state index contributed by atoms with van der Waals surface area (Å²) < 4.78 is 0. The molecular formula is C12H15ClN2O3. The Morgan fingerprint density at radius 3 is 2.83 bits per heavy atom. The molecule has 1 saturated carbocycles. The number of halogens is 1. The highest BCUT2D eigenvalue weighted by molar-refractivity contribution is 6.33. The lowest BCUT2D eigenvalue weighted by Gasteiger charge is -2.28. The Bertz CT molecular complexity index is 453. The monoisotopic (exact) mass is 270 g/mol. The fraction of sp³-hybridized carbons (Fsp3) is 0.500. The van der Waals surface area contributed by atoms with Crippen LogP contribution in [0.2, 0.25) is 5.02 Å². The summed E-state index contributed by atoms with van der Waals surface area (Å²) in [5.74, 6) is -0.655. The number of aliphatic hydroxyl groups excluding tert-OH is 1. The summed E-state index contributed by atoms with van der Waals surface area (Å²) in [6.07, 6.45) is 4.58. The van der Waals surface area contributed by atoms with Crippen LogP contribution < -0.4 is 5.32 Å². The predicted molar refractivity (Wildman–Crippen MR) is 68.1 cm³/mol. The third kappa shape index (κ3) is 2.91. The van der Waals surface area contributed by atoms with Gasteiger partial charge in [0.05, 0.1) is 22.7 Å². The summed E-state index contributed by atoms with van der Waals surface area (Å²) in [6, 6.07) is 1.32. The topological polar surface area (TPSA) is 82.5 Å². The zero-order chi connectivity index (χ0) is 13.1. The van der Waals surface area contributed by atoms with Gasteiger partial charge in [-0.1, -0.05) is 24.4 Å². The summed E-state index contributed by atoms with van der Waals surface area (Å²) in [4.78, 5) is 15.0. The lowest BCUT2D eigenvalue weighted by molar-refractivity contribution is 0.0697. The van der Waals surface area contributed by atoms with Crippen LogP contribution in [0.1, 0.15) is 36.0 Å². The van der Waals surface area contributed by atoms with E-state index in [1.165, 1.54) is 12.3 Å². The first kappa shape index (κ1) is 13.1. The first-order chi connectivity index (χ1) is 8.58. The molecule has 1 aliphatic rings. The highest BCUT2D eigenvalue weighted by Gasteiger charge is 2.23. The maximum atomic E-state index is 10.9. The van der Waals surface area contributed by atoms with Crippen LogP contribution in [0.5, 0.6) is 0 Å². The number of carboxylic acids is 1. The molecular weight excluding hydrogens is 256 g/mol. The van der Waals surface area contributed by atoms with Gasteiger partial charge in [-0.25, -0.2) is 9.78 Å². The number of hydrogen-bond acceptors (Lipinski definition) is 4. The average Bonchev–Trinajstić information content (AvgIpc) is 2.34. The van der Waals surface area contributed by atoms with E-state index in [9.17, 15) is 9.90 Å². The number of carboxylic acid groups (broad SMARTS) is 1. The van der Waals surface area contributed by atoms with E-state index in [4.69, 9.17) is 16.7 Å². The molecule has 0 bridgehead atoms. The van der Waals surface area contributed by atoms with Gasteiger partial charge in [-0.15, -0.1) is 0 Å². The van der Waals surface area contributed by atoms with E-state index < -0.39 is 12.1 Å². The lowest BCUT2D eigenvalue weighted by Crippen LogP contribution is -2.36. The van der Waals surface area contributed by atoms with Crippen molar-refractivity contribution in [1.29, 1.82) is 0 Å². The Morgan fingerprint density at radius 1 is 1.44 bits per heavy atom. The van der Waals surface area contributed by atoms with E-state index in [1.807, 2.05) is 0 Å². The van der Waals surface area contributed by atoms with Gasteiger partial charge in [0.1, 0.15) is 5.82 Å². The van der Waals surface area contributed by atoms with Crippen molar-refractivity contribution in [2.75, 3.05) is 5.32 Å². The number of aliphatic hydroxyl groups is 1. The van der Waals surface area contributed by atoms with Crippen molar-refractivity contribution in [1.82, 2.24) is 4.98 Å². The molecule has 0 aromatic carbocycles. The zero-order valence-electron chi connectivity index (χ0n) is 9.77. The van der Waals surface area contributed by atoms with Gasteiger partial charge in [-0.05, 0) is 18.9 Å². The van der Waals surface area contributed by atoms with E-state index in [2.05, 4.69) is 10.3 Å². The van der Waals surface area contributed by atoms with E-state index >= 15 is 0 Å². The molecule has 1 aromatic rings. The molecule has 5 nitrogen and oxygen atoms in total. The molecule has 2 rings (SSSR count). The smallest absolute Gasteiger partial charge is 0.337 e. The van der Waals surface area contributed by atoms with Crippen LogP contribution in [0.4, 0.5) is 5.82 Å². The van der Waals surface area contributed by atoms with Gasteiger partial charge < -0.3 is 15.5 Å². The third-order valence-electron chi connectivity index (χ3n) is 3.15. The van der Waals surface area contributed by atoms with E-state index in [0.717, 1.165) is 25.7 Å². The number of anilines is 1. The largest absolute Gasteiger partial charge is 0.478 e. The fourth-order valence-electron chi connectivity index (χ4n) is 2.15. The first-order valence-corrected chi connectivity index (χ1v) is 6.29. The van der Waals surface area contributed by atoms with Crippen molar-refractivity contribution in [3.05, 3.63) is 22.8 Å². The molecule has 18 heavy (non-hydrogen) atoms. The Labute approximate surface area is 110 Å². The average molecular weight is 271 g/mol. The molecule has 1 heterocycles. The van der Waals surface area contributed by atoms with Crippen molar-refractivity contribution in [3.63, 3.8) is 0 Å². The maximum Gasteiger partial charge on any atom is 0.337 e. The normalized spacial score (nSPS) is 23.7. The van der Waals surface area contributed by atoms with Crippen LogP contribution in [-0.2, 0) is 0 Å². The van der Waals surface area contributed by atoms with E-state index in [-0.39, 0.29) is 16.6 Å². The van der Waals surface area contributed by atoms with Crippen molar-refractivity contribution in [3.8, 4) is 0 Å². The second-order valence-corrected chi connectivity index (χ2v) is 4.86. The zero-order valence-corrected chi connectivity index (χ0v) is 10.5. The van der Waals surface area contributed by atoms with Crippen LogP contribution in [0.25, 0.3) is 0 Å². The molecule has 0 spiro atoms. The summed E-state index contributed by atoms with van der Waals surface area (Å²) in [5, 5.41) is 22.0. The number of aromatic nitrogens is 1. The van der Waals surface area contributed by atoms with Crippen LogP contribution >= 0.6 is 11.6 Å². The summed E-state index contributed by atoms with van der Waals surface area (Å²) >= 11 is 5.74. The van der Waals surface area contributed by atoms with Gasteiger partial charge in [0.15, 0.2) is 0 Å². The molecule has 0 saturated heterocycles. The number of nitrogens with one attached hydrogen (secondary N) is 1. The molecule has 3 N–H and O–H groups in total. The van der Waals surface area contributed by atoms with Crippen LogP contribution in [0.15, 0.2) is 12.3 Å². The molecule has 6 heteroatoms. The molecule has 0 amide bonds. The van der Waals surface area contributed by atoms with Crippen molar-refractivity contribution in [2.24, 2.45) is 0 Å². The van der Waals surface area contributed by atoms with Crippen LogP contribution in [-0.4, -0.2) is 33.3 Å². The second-order valence-electron chi connectivity index (χ2n) is 4.46. The Kier molecular flexibility index (Phi) is 4.04. The number of aromatic carboxylic acids is 1. The minimum Gasteiger partial charge on any atom is -0.478 e. The minimum absolute atomic E-state index is 0.0134.